The summed E-state index contributed by atoms with van der Waals surface area (Å²) in [7, 11) is 0. The number of hydrogen-bond acceptors (Lipinski definition) is 6. The van der Waals surface area contributed by atoms with Gasteiger partial charge in [0, 0.05) is 32.6 Å². The number of para-hydroxylation sites is 1. The number of esters is 1. The predicted molar refractivity (Wildman–Crippen MR) is 175 cm³/mol. The zero-order valence-electron chi connectivity index (χ0n) is 25.1. The SMILES string of the molecule is CSc1ccc([C@@H]2C(C(=O)OC(C)C)=C(C)N=c3s/c(=C\c4c(C)n(Cc5ccccc5F)c5ccccc45)c(=O)n32)cc1. The van der Waals surface area contributed by atoms with Crippen molar-refractivity contribution in [1.29, 1.82) is 0 Å². The van der Waals surface area contributed by atoms with Gasteiger partial charge in [-0.05, 0) is 69.9 Å². The number of halogens is 1. The molecule has 224 valence electrons. The average Bonchev–Trinajstić information content (AvgIpc) is 3.45. The van der Waals surface area contributed by atoms with E-state index in [4.69, 9.17) is 9.73 Å². The molecule has 44 heavy (non-hydrogen) atoms. The maximum absolute atomic E-state index is 14.6. The molecule has 9 heteroatoms. The molecule has 0 fully saturated rings. The number of carbonyl (C=O) groups excluding carboxylic acids is 1. The summed E-state index contributed by atoms with van der Waals surface area (Å²) < 4.78 is 24.5. The highest BCUT2D eigenvalue weighted by atomic mass is 32.2. The number of allylic oxidation sites excluding steroid dienone is 1. The molecule has 3 aromatic carbocycles. The molecular formula is C35H32FN3O3S2. The molecule has 0 spiro atoms. The molecule has 0 saturated heterocycles. The van der Waals surface area contributed by atoms with Crippen molar-refractivity contribution in [3.63, 3.8) is 0 Å². The predicted octanol–water partition coefficient (Wildman–Crippen LogP) is 6.36. The summed E-state index contributed by atoms with van der Waals surface area (Å²) in [5, 5.41) is 0.966. The Labute approximate surface area is 262 Å². The van der Waals surface area contributed by atoms with Crippen LogP contribution >= 0.6 is 23.1 Å². The molecule has 1 aliphatic heterocycles. The average molecular weight is 626 g/mol. The van der Waals surface area contributed by atoms with Crippen molar-refractivity contribution in [2.24, 2.45) is 4.99 Å². The molecule has 6 rings (SSSR count). The van der Waals surface area contributed by atoms with E-state index < -0.39 is 12.0 Å². The lowest BCUT2D eigenvalue weighted by Gasteiger charge is -2.25. The van der Waals surface area contributed by atoms with Crippen molar-refractivity contribution in [2.75, 3.05) is 6.26 Å². The fourth-order valence-electron chi connectivity index (χ4n) is 5.73. The summed E-state index contributed by atoms with van der Waals surface area (Å²) in [6.45, 7) is 7.74. The van der Waals surface area contributed by atoms with Gasteiger partial charge < -0.3 is 9.30 Å². The smallest absolute Gasteiger partial charge is 0.338 e. The van der Waals surface area contributed by atoms with Crippen molar-refractivity contribution >= 4 is 46.0 Å². The van der Waals surface area contributed by atoms with Gasteiger partial charge in [0.25, 0.3) is 5.56 Å². The number of aromatic nitrogens is 2. The third-order valence-corrected chi connectivity index (χ3v) is 9.58. The van der Waals surface area contributed by atoms with Gasteiger partial charge in [-0.25, -0.2) is 14.2 Å². The zero-order chi connectivity index (χ0) is 31.1. The second-order valence-corrected chi connectivity index (χ2v) is 12.9. The second kappa shape index (κ2) is 12.1. The highest BCUT2D eigenvalue weighted by Crippen LogP contribution is 2.32. The maximum atomic E-state index is 14.6. The first-order chi connectivity index (χ1) is 21.2. The Kier molecular flexibility index (Phi) is 8.18. The number of hydrogen-bond donors (Lipinski definition) is 0. The molecule has 5 aromatic rings. The molecule has 1 atom stereocenters. The van der Waals surface area contributed by atoms with Crippen LogP contribution in [0.5, 0.6) is 0 Å². The molecule has 0 bridgehead atoms. The summed E-state index contributed by atoms with van der Waals surface area (Å²) in [6, 6.07) is 21.9. The summed E-state index contributed by atoms with van der Waals surface area (Å²) in [4.78, 5) is 34.0. The van der Waals surface area contributed by atoms with E-state index in [0.717, 1.165) is 32.6 Å². The van der Waals surface area contributed by atoms with E-state index in [1.807, 2.05) is 73.9 Å². The quantitative estimate of drug-likeness (QED) is 0.156. The minimum Gasteiger partial charge on any atom is -0.459 e. The molecule has 0 radical (unpaired) electrons. The van der Waals surface area contributed by atoms with Crippen LogP contribution in [0, 0.1) is 12.7 Å². The Morgan fingerprint density at radius 1 is 1.07 bits per heavy atom. The van der Waals surface area contributed by atoms with Crippen LogP contribution in [0.3, 0.4) is 0 Å². The molecule has 0 saturated carbocycles. The van der Waals surface area contributed by atoms with Gasteiger partial charge in [-0.15, -0.1) is 11.8 Å². The second-order valence-electron chi connectivity index (χ2n) is 11.0. The highest BCUT2D eigenvalue weighted by molar-refractivity contribution is 7.98. The summed E-state index contributed by atoms with van der Waals surface area (Å²) in [5.74, 6) is -0.742. The first kappa shape index (κ1) is 29.8. The normalized spacial score (nSPS) is 15.2. The summed E-state index contributed by atoms with van der Waals surface area (Å²) in [5.41, 5.74) is 4.80. The van der Waals surface area contributed by atoms with E-state index in [9.17, 15) is 14.0 Å². The molecule has 3 heterocycles. The van der Waals surface area contributed by atoms with E-state index in [0.29, 0.717) is 32.7 Å². The molecule has 0 amide bonds. The minimum atomic E-state index is -0.681. The molecule has 6 nitrogen and oxygen atoms in total. The van der Waals surface area contributed by atoms with Crippen LogP contribution in [0.4, 0.5) is 4.39 Å². The van der Waals surface area contributed by atoms with Gasteiger partial charge in [-0.3, -0.25) is 9.36 Å². The van der Waals surface area contributed by atoms with Gasteiger partial charge in [0.05, 0.1) is 34.5 Å². The molecule has 0 N–H and O–H groups in total. The number of fused-ring (bicyclic) bond motifs is 2. The van der Waals surface area contributed by atoms with Crippen molar-refractivity contribution in [2.45, 2.75) is 51.3 Å². The van der Waals surface area contributed by atoms with Crippen LogP contribution in [0.25, 0.3) is 17.0 Å². The third-order valence-electron chi connectivity index (χ3n) is 7.86. The van der Waals surface area contributed by atoms with Crippen LogP contribution in [0.15, 0.2) is 98.7 Å². The number of rotatable bonds is 7. The lowest BCUT2D eigenvalue weighted by atomic mass is 9.96. The molecule has 0 unspecified atom stereocenters. The lowest BCUT2D eigenvalue weighted by molar-refractivity contribution is -0.143. The van der Waals surface area contributed by atoms with Crippen molar-refractivity contribution < 1.29 is 13.9 Å². The summed E-state index contributed by atoms with van der Waals surface area (Å²) >= 11 is 2.92. The fraction of sp³-hybridized carbons (Fsp3) is 0.229. The van der Waals surface area contributed by atoms with E-state index in [1.165, 1.54) is 17.4 Å². The van der Waals surface area contributed by atoms with Crippen LogP contribution in [0.1, 0.15) is 49.2 Å². The lowest BCUT2D eigenvalue weighted by Crippen LogP contribution is -2.40. The van der Waals surface area contributed by atoms with Gasteiger partial charge in [-0.1, -0.05) is 59.9 Å². The molecule has 0 aliphatic carbocycles. The molecular weight excluding hydrogens is 594 g/mol. The molecule has 2 aromatic heterocycles. The van der Waals surface area contributed by atoms with E-state index in [-0.39, 0.29) is 17.5 Å². The van der Waals surface area contributed by atoms with E-state index in [2.05, 4.69) is 4.57 Å². The highest BCUT2D eigenvalue weighted by Gasteiger charge is 2.34. The first-order valence-electron chi connectivity index (χ1n) is 14.4. The summed E-state index contributed by atoms with van der Waals surface area (Å²) in [6.07, 6.45) is 3.58. The number of carbonyl (C=O) groups is 1. The standard InChI is InChI=1S/C35H32FN3O3S2/c1-20(2)42-34(41)31-21(3)37-35-39(32(31)23-14-16-25(43-5)17-15-23)33(40)30(44-35)18-27-22(4)38(29-13-9-7-11-26(27)29)19-24-10-6-8-12-28(24)36/h6-18,20,32H,19H2,1-5H3/b30-18-/t32-/m1/s1. The van der Waals surface area contributed by atoms with Crippen LogP contribution in [0.2, 0.25) is 0 Å². The zero-order valence-corrected chi connectivity index (χ0v) is 26.8. The Balaban J connectivity index is 1.54. The Morgan fingerprint density at radius 3 is 2.48 bits per heavy atom. The maximum Gasteiger partial charge on any atom is 0.338 e. The Hall–Kier alpha value is -4.21. The first-order valence-corrected chi connectivity index (χ1v) is 16.4. The number of ether oxygens (including phenoxy) is 1. The van der Waals surface area contributed by atoms with Crippen molar-refractivity contribution in [3.05, 3.63) is 132 Å². The van der Waals surface area contributed by atoms with Crippen LogP contribution in [-0.4, -0.2) is 27.5 Å². The number of thiazole rings is 1. The minimum absolute atomic E-state index is 0.236. The van der Waals surface area contributed by atoms with Gasteiger partial charge in [0.1, 0.15) is 5.82 Å². The fourth-order valence-corrected chi connectivity index (χ4v) is 7.17. The van der Waals surface area contributed by atoms with Crippen LogP contribution in [-0.2, 0) is 16.1 Å². The van der Waals surface area contributed by atoms with E-state index in [1.54, 1.807) is 49.2 Å². The molecule has 1 aliphatic rings. The monoisotopic (exact) mass is 625 g/mol. The largest absolute Gasteiger partial charge is 0.459 e. The number of nitrogens with zero attached hydrogens (tertiary/aromatic N) is 3. The van der Waals surface area contributed by atoms with Crippen molar-refractivity contribution in [1.82, 2.24) is 9.13 Å². The topological polar surface area (TPSA) is 65.6 Å². The third kappa shape index (κ3) is 5.35. The van der Waals surface area contributed by atoms with Crippen LogP contribution < -0.4 is 14.9 Å². The van der Waals surface area contributed by atoms with Crippen molar-refractivity contribution in [3.8, 4) is 0 Å². The van der Waals surface area contributed by atoms with E-state index >= 15 is 0 Å². The Bertz CT molecular complexity index is 2120. The number of benzene rings is 3. The van der Waals surface area contributed by atoms with Gasteiger partial charge >= 0.3 is 5.97 Å². The van der Waals surface area contributed by atoms with Gasteiger partial charge in [-0.2, -0.15) is 0 Å². The van der Waals surface area contributed by atoms with Gasteiger partial charge in [0.15, 0.2) is 4.80 Å². The number of thioether (sulfide) groups is 1. The van der Waals surface area contributed by atoms with Gasteiger partial charge in [0.2, 0.25) is 0 Å². The Morgan fingerprint density at radius 2 is 1.77 bits per heavy atom.